The molecule has 2 nitrogen and oxygen atoms in total. The van der Waals surface area contributed by atoms with Gasteiger partial charge in [0.05, 0.1) is 6.10 Å². The Kier molecular flexibility index (Phi) is 2.72. The molecule has 1 N–H and O–H groups in total. The second-order valence-corrected chi connectivity index (χ2v) is 5.43. The van der Waals surface area contributed by atoms with Crippen LogP contribution in [-0.2, 0) is 16.6 Å². The van der Waals surface area contributed by atoms with E-state index in [0.717, 1.165) is 38.9 Å². The van der Waals surface area contributed by atoms with Crippen LogP contribution >= 0.6 is 0 Å². The monoisotopic (exact) mass is 232 g/mol. The first-order valence-electron chi connectivity index (χ1n) is 6.59. The van der Waals surface area contributed by atoms with E-state index in [1.807, 2.05) is 0 Å². The van der Waals surface area contributed by atoms with Crippen molar-refractivity contribution in [2.24, 2.45) is 0 Å². The summed E-state index contributed by atoms with van der Waals surface area (Å²) in [6, 6.07) is 6.54. The van der Waals surface area contributed by atoms with E-state index in [2.05, 4.69) is 25.1 Å². The summed E-state index contributed by atoms with van der Waals surface area (Å²) >= 11 is 0. The molecule has 1 unspecified atom stereocenters. The smallest absolute Gasteiger partial charge is 0.0641 e. The summed E-state index contributed by atoms with van der Waals surface area (Å²) in [7, 11) is 0. The highest BCUT2D eigenvalue weighted by Gasteiger charge is 2.45. The van der Waals surface area contributed by atoms with Crippen LogP contribution in [0.5, 0.6) is 0 Å². The van der Waals surface area contributed by atoms with E-state index < -0.39 is 0 Å². The van der Waals surface area contributed by atoms with Crippen LogP contribution in [-0.4, -0.2) is 24.4 Å². The standard InChI is InChI=1S/C15H20O2/c1-11-3-2-4-12-5-6-13(16)15(14(11)12)7-9-17-10-8-15/h2-4,13,16H,5-10H2,1H3. The zero-order valence-electron chi connectivity index (χ0n) is 10.4. The molecule has 2 aliphatic rings. The molecular formula is C15H20O2. The highest BCUT2D eigenvalue weighted by Crippen LogP contribution is 2.45. The minimum Gasteiger partial charge on any atom is -0.392 e. The summed E-state index contributed by atoms with van der Waals surface area (Å²) in [4.78, 5) is 0. The van der Waals surface area contributed by atoms with Crippen molar-refractivity contribution in [3.8, 4) is 0 Å². The summed E-state index contributed by atoms with van der Waals surface area (Å²) < 4.78 is 5.49. The van der Waals surface area contributed by atoms with E-state index in [0.29, 0.717) is 0 Å². The Morgan fingerprint density at radius 2 is 2.06 bits per heavy atom. The minimum atomic E-state index is -0.194. The molecule has 1 fully saturated rings. The Balaban J connectivity index is 2.15. The van der Waals surface area contributed by atoms with Crippen LogP contribution in [0.25, 0.3) is 0 Å². The lowest BCUT2D eigenvalue weighted by Crippen LogP contribution is -2.48. The maximum absolute atomic E-state index is 10.5. The molecule has 1 aliphatic carbocycles. The first-order valence-corrected chi connectivity index (χ1v) is 6.59. The van der Waals surface area contributed by atoms with E-state index in [9.17, 15) is 5.11 Å². The number of hydrogen-bond donors (Lipinski definition) is 1. The number of aliphatic hydroxyl groups excluding tert-OH is 1. The van der Waals surface area contributed by atoms with Gasteiger partial charge in [0.25, 0.3) is 0 Å². The molecule has 1 aliphatic heterocycles. The first-order chi connectivity index (χ1) is 8.24. The highest BCUT2D eigenvalue weighted by molar-refractivity contribution is 5.44. The third-order valence-electron chi connectivity index (χ3n) is 4.57. The van der Waals surface area contributed by atoms with Crippen LogP contribution in [0.15, 0.2) is 18.2 Å². The fourth-order valence-corrected chi connectivity index (χ4v) is 3.70. The van der Waals surface area contributed by atoms with Crippen molar-refractivity contribution in [1.82, 2.24) is 0 Å². The molecule has 0 aromatic heterocycles. The van der Waals surface area contributed by atoms with Gasteiger partial charge in [-0.3, -0.25) is 0 Å². The molecule has 0 radical (unpaired) electrons. The van der Waals surface area contributed by atoms with Crippen LogP contribution in [0, 0.1) is 6.92 Å². The zero-order valence-corrected chi connectivity index (χ0v) is 10.4. The molecular weight excluding hydrogens is 212 g/mol. The van der Waals surface area contributed by atoms with Crippen LogP contribution in [0.3, 0.4) is 0 Å². The number of rotatable bonds is 0. The third-order valence-corrected chi connectivity index (χ3v) is 4.57. The second-order valence-electron chi connectivity index (χ2n) is 5.43. The van der Waals surface area contributed by atoms with Crippen molar-refractivity contribution in [2.75, 3.05) is 13.2 Å². The summed E-state index contributed by atoms with van der Waals surface area (Å²) in [6.07, 6.45) is 3.65. The van der Waals surface area contributed by atoms with E-state index in [1.54, 1.807) is 0 Å². The van der Waals surface area contributed by atoms with E-state index in [1.165, 1.54) is 16.7 Å². The molecule has 17 heavy (non-hydrogen) atoms. The van der Waals surface area contributed by atoms with Crippen LogP contribution < -0.4 is 0 Å². The van der Waals surface area contributed by atoms with E-state index >= 15 is 0 Å². The van der Waals surface area contributed by atoms with Crippen molar-refractivity contribution in [3.63, 3.8) is 0 Å². The maximum Gasteiger partial charge on any atom is 0.0641 e. The van der Waals surface area contributed by atoms with Gasteiger partial charge in [0, 0.05) is 18.6 Å². The SMILES string of the molecule is Cc1cccc2c1C1(CCOCC1)C(O)CC2. The molecule has 2 heteroatoms. The Bertz CT molecular complexity index is 419. The fourth-order valence-electron chi connectivity index (χ4n) is 3.70. The fraction of sp³-hybridized carbons (Fsp3) is 0.600. The number of hydrogen-bond acceptors (Lipinski definition) is 2. The summed E-state index contributed by atoms with van der Waals surface area (Å²) in [5, 5.41) is 10.5. The van der Waals surface area contributed by atoms with Crippen LogP contribution in [0.2, 0.25) is 0 Å². The van der Waals surface area contributed by atoms with Gasteiger partial charge in [-0.15, -0.1) is 0 Å². The number of aliphatic hydroxyl groups is 1. The Morgan fingerprint density at radius 3 is 2.82 bits per heavy atom. The van der Waals surface area contributed by atoms with Gasteiger partial charge in [0.15, 0.2) is 0 Å². The van der Waals surface area contributed by atoms with Gasteiger partial charge in [-0.05, 0) is 49.3 Å². The van der Waals surface area contributed by atoms with Gasteiger partial charge in [-0.2, -0.15) is 0 Å². The van der Waals surface area contributed by atoms with Gasteiger partial charge < -0.3 is 9.84 Å². The Labute approximate surface area is 103 Å². The number of benzene rings is 1. The molecule has 92 valence electrons. The maximum atomic E-state index is 10.5. The minimum absolute atomic E-state index is 0.0306. The Morgan fingerprint density at radius 1 is 1.29 bits per heavy atom. The van der Waals surface area contributed by atoms with Crippen LogP contribution in [0.1, 0.15) is 36.0 Å². The molecule has 1 atom stereocenters. The number of ether oxygens (including phenoxy) is 1. The average Bonchev–Trinajstić information content (AvgIpc) is 2.35. The summed E-state index contributed by atoms with van der Waals surface area (Å²) in [5.74, 6) is 0. The lowest BCUT2D eigenvalue weighted by atomic mass is 9.62. The second kappa shape index (κ2) is 4.11. The predicted molar refractivity (Wildman–Crippen MR) is 67.2 cm³/mol. The highest BCUT2D eigenvalue weighted by atomic mass is 16.5. The number of aryl methyl sites for hydroxylation is 2. The first kappa shape index (κ1) is 11.2. The molecule has 0 amide bonds. The van der Waals surface area contributed by atoms with Gasteiger partial charge in [0.1, 0.15) is 0 Å². The van der Waals surface area contributed by atoms with Crippen molar-refractivity contribution in [3.05, 3.63) is 34.9 Å². The Hall–Kier alpha value is -0.860. The molecule has 1 spiro atoms. The van der Waals surface area contributed by atoms with Crippen molar-refractivity contribution >= 4 is 0 Å². The molecule has 0 saturated carbocycles. The van der Waals surface area contributed by atoms with E-state index in [-0.39, 0.29) is 11.5 Å². The quantitative estimate of drug-likeness (QED) is 0.744. The molecule has 1 aromatic carbocycles. The average molecular weight is 232 g/mol. The summed E-state index contributed by atoms with van der Waals surface area (Å²) in [6.45, 7) is 3.74. The topological polar surface area (TPSA) is 29.5 Å². The van der Waals surface area contributed by atoms with Crippen molar-refractivity contribution in [1.29, 1.82) is 0 Å². The third kappa shape index (κ3) is 1.62. The van der Waals surface area contributed by atoms with Gasteiger partial charge in [-0.25, -0.2) is 0 Å². The molecule has 1 aromatic rings. The zero-order chi connectivity index (χ0) is 11.9. The molecule has 1 heterocycles. The van der Waals surface area contributed by atoms with Gasteiger partial charge in [0.2, 0.25) is 0 Å². The molecule has 1 saturated heterocycles. The largest absolute Gasteiger partial charge is 0.392 e. The van der Waals surface area contributed by atoms with Gasteiger partial charge in [-0.1, -0.05) is 18.2 Å². The lowest BCUT2D eigenvalue weighted by Gasteiger charge is -2.46. The molecule has 0 bridgehead atoms. The summed E-state index contributed by atoms with van der Waals surface area (Å²) in [5.41, 5.74) is 4.17. The number of fused-ring (bicyclic) bond motifs is 2. The lowest BCUT2D eigenvalue weighted by molar-refractivity contribution is -0.0240. The normalized spacial score (nSPS) is 26.8. The molecule has 3 rings (SSSR count). The van der Waals surface area contributed by atoms with Crippen molar-refractivity contribution < 1.29 is 9.84 Å². The van der Waals surface area contributed by atoms with Crippen LogP contribution in [0.4, 0.5) is 0 Å². The predicted octanol–water partition coefficient (Wildman–Crippen LogP) is 2.35. The van der Waals surface area contributed by atoms with Gasteiger partial charge >= 0.3 is 0 Å². The van der Waals surface area contributed by atoms with E-state index in [4.69, 9.17) is 4.74 Å². The van der Waals surface area contributed by atoms with Crippen molar-refractivity contribution in [2.45, 2.75) is 44.1 Å².